The first kappa shape index (κ1) is 11.1. The number of aliphatic imine (C=N–C) groups is 1. The summed E-state index contributed by atoms with van der Waals surface area (Å²) in [5.74, 6) is 0.249. The van der Waals surface area contributed by atoms with Crippen molar-refractivity contribution >= 4 is 11.5 Å². The largest absolute Gasteiger partial charge is 0.383 e. The number of hydrogen-bond donors (Lipinski definition) is 1. The molecule has 1 atom stereocenters. The van der Waals surface area contributed by atoms with Crippen molar-refractivity contribution in [3.8, 4) is 0 Å². The van der Waals surface area contributed by atoms with E-state index in [0.717, 1.165) is 12.0 Å². The van der Waals surface area contributed by atoms with E-state index in [2.05, 4.69) is 4.99 Å². The van der Waals surface area contributed by atoms with Crippen LogP contribution in [0.1, 0.15) is 24.0 Å². The first-order valence-corrected chi connectivity index (χ1v) is 5.58. The normalized spacial score (nSPS) is 25.9. The maximum atomic E-state index is 10.7. The van der Waals surface area contributed by atoms with Crippen molar-refractivity contribution in [3.63, 3.8) is 0 Å². The zero-order valence-corrected chi connectivity index (χ0v) is 9.46. The molecule has 0 radical (unpaired) electrons. The van der Waals surface area contributed by atoms with Gasteiger partial charge in [0.05, 0.1) is 11.5 Å². The molecule has 2 aliphatic heterocycles. The fourth-order valence-electron chi connectivity index (χ4n) is 2.32. The van der Waals surface area contributed by atoms with Gasteiger partial charge in [-0.15, -0.1) is 0 Å². The van der Waals surface area contributed by atoms with E-state index in [1.54, 1.807) is 6.07 Å². The first-order valence-electron chi connectivity index (χ1n) is 5.58. The lowest BCUT2D eigenvalue weighted by molar-refractivity contribution is -0.387. The van der Waals surface area contributed by atoms with Gasteiger partial charge in [-0.25, -0.2) is 14.8 Å². The number of nitrogens with zero attached hydrogens (tertiary/aromatic N) is 2. The van der Waals surface area contributed by atoms with E-state index in [9.17, 15) is 10.1 Å². The van der Waals surface area contributed by atoms with Gasteiger partial charge in [0, 0.05) is 29.7 Å². The van der Waals surface area contributed by atoms with Gasteiger partial charge in [-0.1, -0.05) is 0 Å². The molecule has 7 heteroatoms. The van der Waals surface area contributed by atoms with Gasteiger partial charge in [-0.3, -0.25) is 10.1 Å². The van der Waals surface area contributed by atoms with Crippen molar-refractivity contribution < 1.29 is 14.7 Å². The quantitative estimate of drug-likeness (QED) is 0.458. The molecule has 2 heterocycles. The Kier molecular flexibility index (Phi) is 2.32. The molecular weight excluding hydrogens is 238 g/mol. The molecule has 7 nitrogen and oxygen atoms in total. The Bertz CT molecular complexity index is 549. The average Bonchev–Trinajstić information content (AvgIpc) is 2.63. The Morgan fingerprint density at radius 2 is 2.33 bits per heavy atom. The maximum Gasteiger partial charge on any atom is 0.270 e. The third-order valence-corrected chi connectivity index (χ3v) is 3.15. The first-order chi connectivity index (χ1) is 8.62. The second-order valence-corrected chi connectivity index (χ2v) is 4.28. The smallest absolute Gasteiger partial charge is 0.270 e. The highest BCUT2D eigenvalue weighted by atomic mass is 17.2. The zero-order valence-electron chi connectivity index (χ0n) is 9.46. The molecule has 1 aromatic rings. The minimum absolute atomic E-state index is 0.0133. The highest BCUT2D eigenvalue weighted by Gasteiger charge is 2.44. The predicted molar refractivity (Wildman–Crippen MR) is 61.8 cm³/mol. The molecule has 18 heavy (non-hydrogen) atoms. The molecule has 3 rings (SSSR count). The fourth-order valence-corrected chi connectivity index (χ4v) is 2.32. The number of non-ortho nitro benzene ring substituents is 1. The van der Waals surface area contributed by atoms with Gasteiger partial charge < -0.3 is 5.73 Å². The van der Waals surface area contributed by atoms with Gasteiger partial charge in [0.25, 0.3) is 5.69 Å². The van der Waals surface area contributed by atoms with Crippen molar-refractivity contribution in [3.05, 3.63) is 39.4 Å². The molecule has 94 valence electrons. The van der Waals surface area contributed by atoms with E-state index in [4.69, 9.17) is 15.5 Å². The van der Waals surface area contributed by atoms with Crippen molar-refractivity contribution in [1.29, 1.82) is 0 Å². The van der Waals surface area contributed by atoms with Gasteiger partial charge in [0.1, 0.15) is 5.84 Å². The van der Waals surface area contributed by atoms with Crippen LogP contribution in [0.5, 0.6) is 0 Å². The molecule has 2 aliphatic rings. The predicted octanol–water partition coefficient (Wildman–Crippen LogP) is 1.21. The van der Waals surface area contributed by atoms with Crippen LogP contribution in [0.15, 0.2) is 23.2 Å². The van der Waals surface area contributed by atoms with Crippen LogP contribution in [0.2, 0.25) is 0 Å². The van der Waals surface area contributed by atoms with Gasteiger partial charge in [-0.2, -0.15) is 0 Å². The van der Waals surface area contributed by atoms with Crippen LogP contribution in [-0.2, 0) is 15.5 Å². The molecule has 0 saturated carbocycles. The summed E-state index contributed by atoms with van der Waals surface area (Å²) >= 11 is 0. The van der Waals surface area contributed by atoms with Crippen LogP contribution >= 0.6 is 0 Å². The molecule has 1 saturated heterocycles. The number of nitrogens with two attached hydrogens (primary N) is 1. The van der Waals surface area contributed by atoms with Crippen LogP contribution < -0.4 is 5.73 Å². The third-order valence-electron chi connectivity index (χ3n) is 3.15. The van der Waals surface area contributed by atoms with Crippen LogP contribution in [0, 0.1) is 10.1 Å². The highest BCUT2D eigenvalue weighted by molar-refractivity contribution is 6.02. The molecule has 0 aliphatic carbocycles. The van der Waals surface area contributed by atoms with Crippen molar-refractivity contribution in [1.82, 2.24) is 0 Å². The van der Waals surface area contributed by atoms with Gasteiger partial charge in [0.15, 0.2) is 0 Å². The van der Waals surface area contributed by atoms with Gasteiger partial charge in [0.2, 0.25) is 5.72 Å². The Morgan fingerprint density at radius 3 is 3.00 bits per heavy atom. The van der Waals surface area contributed by atoms with Crippen molar-refractivity contribution in [2.75, 3.05) is 6.61 Å². The lowest BCUT2D eigenvalue weighted by atomic mass is 9.95. The lowest BCUT2D eigenvalue weighted by Crippen LogP contribution is -2.30. The fraction of sp³-hybridized carbons (Fsp3) is 0.364. The summed E-state index contributed by atoms with van der Waals surface area (Å²) in [6, 6.07) is 4.47. The molecule has 1 unspecified atom stereocenters. The molecule has 1 aromatic carbocycles. The summed E-state index contributed by atoms with van der Waals surface area (Å²) in [6.07, 6.45) is 1.45. The Labute approximate surface area is 102 Å². The summed E-state index contributed by atoms with van der Waals surface area (Å²) in [5, 5.41) is 10.7. The number of amidine groups is 1. The molecule has 1 fully saturated rings. The van der Waals surface area contributed by atoms with E-state index < -0.39 is 10.6 Å². The van der Waals surface area contributed by atoms with E-state index in [0.29, 0.717) is 18.6 Å². The minimum atomic E-state index is -0.924. The molecule has 2 N–H and O–H groups in total. The monoisotopic (exact) mass is 249 g/mol. The number of nitro groups is 1. The lowest BCUT2D eigenvalue weighted by Gasteiger charge is -2.29. The average molecular weight is 249 g/mol. The Hall–Kier alpha value is -1.99. The van der Waals surface area contributed by atoms with Crippen LogP contribution in [0.3, 0.4) is 0 Å². The van der Waals surface area contributed by atoms with Crippen LogP contribution in [0.25, 0.3) is 0 Å². The second-order valence-electron chi connectivity index (χ2n) is 4.28. The minimum Gasteiger partial charge on any atom is -0.383 e. The van der Waals surface area contributed by atoms with E-state index in [1.807, 2.05) is 0 Å². The van der Waals surface area contributed by atoms with Gasteiger partial charge >= 0.3 is 0 Å². The summed E-state index contributed by atoms with van der Waals surface area (Å²) in [4.78, 5) is 24.8. The third kappa shape index (κ3) is 1.48. The van der Waals surface area contributed by atoms with E-state index >= 15 is 0 Å². The molecule has 0 aromatic heterocycles. The Morgan fingerprint density at radius 1 is 1.50 bits per heavy atom. The maximum absolute atomic E-state index is 10.7. The van der Waals surface area contributed by atoms with Crippen molar-refractivity contribution in [2.45, 2.75) is 18.6 Å². The second kappa shape index (κ2) is 3.76. The number of nitro benzene ring substituents is 1. The zero-order chi connectivity index (χ0) is 12.8. The standard InChI is InChI=1S/C11H11N3O4/c12-10-8-6-7(14(15)16)2-3-9(8)11(13-10)4-1-5-17-18-11/h2-3,6H,1,4-5H2,(H2,12,13). The Balaban J connectivity index is 2.10. The van der Waals surface area contributed by atoms with Crippen LogP contribution in [0.4, 0.5) is 5.69 Å². The van der Waals surface area contributed by atoms with Crippen molar-refractivity contribution in [2.24, 2.45) is 10.7 Å². The number of fused-ring (bicyclic) bond motifs is 2. The summed E-state index contributed by atoms with van der Waals surface area (Å²) in [6.45, 7) is 0.513. The molecular formula is C11H11N3O4. The SMILES string of the molecule is NC1=NC2(CCCOO2)c2ccc([N+](=O)[O-])cc21. The van der Waals surface area contributed by atoms with Crippen LogP contribution in [-0.4, -0.2) is 17.4 Å². The number of hydrogen-bond acceptors (Lipinski definition) is 6. The van der Waals surface area contributed by atoms with E-state index in [-0.39, 0.29) is 11.5 Å². The topological polar surface area (TPSA) is 100.0 Å². The molecule has 0 amide bonds. The molecule has 0 bridgehead atoms. The summed E-state index contributed by atoms with van der Waals surface area (Å²) < 4.78 is 0. The number of rotatable bonds is 1. The summed E-state index contributed by atoms with van der Waals surface area (Å²) in [5.41, 5.74) is 6.15. The van der Waals surface area contributed by atoms with E-state index in [1.165, 1.54) is 12.1 Å². The number of benzene rings is 1. The molecule has 1 spiro atoms. The highest BCUT2D eigenvalue weighted by Crippen LogP contribution is 2.42. The van der Waals surface area contributed by atoms with Gasteiger partial charge in [-0.05, 0) is 12.5 Å². The summed E-state index contributed by atoms with van der Waals surface area (Å²) in [7, 11) is 0.